The second kappa shape index (κ2) is 6.38. The first-order valence-electron chi connectivity index (χ1n) is 5.94. The highest BCUT2D eigenvalue weighted by atomic mass is 19.4. The maximum atomic E-state index is 12.1. The summed E-state index contributed by atoms with van der Waals surface area (Å²) >= 11 is 0. The lowest BCUT2D eigenvalue weighted by Crippen LogP contribution is -2.52. The van der Waals surface area contributed by atoms with Gasteiger partial charge >= 0.3 is 12.1 Å². The lowest BCUT2D eigenvalue weighted by molar-refractivity contribution is -0.147. The fourth-order valence-corrected chi connectivity index (χ4v) is 1.98. The molecule has 1 atom stereocenters. The second-order valence-electron chi connectivity index (χ2n) is 4.44. The lowest BCUT2D eigenvalue weighted by atomic mass is 10.2. The summed E-state index contributed by atoms with van der Waals surface area (Å²) in [5.74, 6) is -0.307. The van der Waals surface area contributed by atoms with Gasteiger partial charge in [0.05, 0.1) is 13.5 Å². The van der Waals surface area contributed by atoms with Crippen molar-refractivity contribution in [3.8, 4) is 0 Å². The molecule has 1 aliphatic heterocycles. The number of carbonyl (C=O) groups excluding carboxylic acids is 1. The Morgan fingerprint density at radius 2 is 1.83 bits per heavy atom. The van der Waals surface area contributed by atoms with Gasteiger partial charge in [-0.2, -0.15) is 13.2 Å². The van der Waals surface area contributed by atoms with Crippen LogP contribution in [0.5, 0.6) is 0 Å². The fraction of sp³-hybridized carbons (Fsp3) is 0.909. The Morgan fingerprint density at radius 1 is 1.28 bits per heavy atom. The van der Waals surface area contributed by atoms with E-state index >= 15 is 0 Å². The summed E-state index contributed by atoms with van der Waals surface area (Å²) in [5, 5.41) is 0. The van der Waals surface area contributed by atoms with Gasteiger partial charge in [0.1, 0.15) is 6.04 Å². The summed E-state index contributed by atoms with van der Waals surface area (Å²) in [4.78, 5) is 15.0. The molecule has 0 amide bonds. The Balaban J connectivity index is 2.30. The van der Waals surface area contributed by atoms with Crippen LogP contribution in [-0.2, 0) is 9.53 Å². The molecule has 4 nitrogen and oxygen atoms in total. The summed E-state index contributed by atoms with van der Waals surface area (Å²) in [5.41, 5.74) is 0. The van der Waals surface area contributed by atoms with Gasteiger partial charge in [-0.15, -0.1) is 0 Å². The number of esters is 1. The number of hydrogen-bond acceptors (Lipinski definition) is 4. The number of nitrogens with zero attached hydrogens (tertiary/aromatic N) is 2. The molecular weight excluding hydrogens is 249 g/mol. The zero-order chi connectivity index (χ0) is 13.8. The maximum absolute atomic E-state index is 12.1. The molecule has 1 heterocycles. The van der Waals surface area contributed by atoms with E-state index < -0.39 is 12.6 Å². The van der Waals surface area contributed by atoms with Crippen molar-refractivity contribution in [2.75, 3.05) is 39.8 Å². The van der Waals surface area contributed by atoms with Crippen molar-refractivity contribution in [1.82, 2.24) is 9.80 Å². The molecule has 1 fully saturated rings. The third-order valence-electron chi connectivity index (χ3n) is 3.21. The molecule has 1 rings (SSSR count). The summed E-state index contributed by atoms with van der Waals surface area (Å²) in [6, 6.07) is -0.334. The van der Waals surface area contributed by atoms with Gasteiger partial charge in [-0.3, -0.25) is 9.69 Å². The number of halogens is 3. The number of alkyl halides is 3. The molecule has 0 N–H and O–H groups in total. The van der Waals surface area contributed by atoms with Crippen molar-refractivity contribution in [1.29, 1.82) is 0 Å². The highest BCUT2D eigenvalue weighted by Gasteiger charge is 2.30. The molecule has 106 valence electrons. The third-order valence-corrected chi connectivity index (χ3v) is 3.21. The van der Waals surface area contributed by atoms with Gasteiger partial charge in [0.25, 0.3) is 0 Å². The van der Waals surface area contributed by atoms with E-state index in [9.17, 15) is 18.0 Å². The largest absolute Gasteiger partial charge is 0.468 e. The van der Waals surface area contributed by atoms with Crippen LogP contribution in [-0.4, -0.2) is 67.8 Å². The van der Waals surface area contributed by atoms with Crippen molar-refractivity contribution in [2.45, 2.75) is 25.6 Å². The second-order valence-corrected chi connectivity index (χ2v) is 4.44. The molecule has 0 bridgehead atoms. The number of ether oxygens (including phenoxy) is 1. The number of methoxy groups -OCH3 is 1. The molecule has 1 saturated heterocycles. The Labute approximate surface area is 105 Å². The van der Waals surface area contributed by atoms with E-state index in [1.807, 2.05) is 4.90 Å². The molecule has 0 saturated carbocycles. The predicted octanol–water partition coefficient (Wildman–Crippen LogP) is 1.12. The number of piperazine rings is 1. The van der Waals surface area contributed by atoms with Gasteiger partial charge in [-0.1, -0.05) is 0 Å². The van der Waals surface area contributed by atoms with Crippen molar-refractivity contribution < 1.29 is 22.7 Å². The van der Waals surface area contributed by atoms with Crippen LogP contribution in [0.3, 0.4) is 0 Å². The zero-order valence-corrected chi connectivity index (χ0v) is 10.7. The molecular formula is C11H19F3N2O2. The van der Waals surface area contributed by atoms with E-state index in [1.165, 1.54) is 7.11 Å². The molecule has 7 heteroatoms. The topological polar surface area (TPSA) is 32.8 Å². The normalized spacial score (nSPS) is 20.7. The maximum Gasteiger partial charge on any atom is 0.390 e. The Hall–Kier alpha value is -0.820. The number of hydrogen-bond donors (Lipinski definition) is 0. The Bertz CT molecular complexity index is 276. The lowest BCUT2D eigenvalue weighted by Gasteiger charge is -2.37. The van der Waals surface area contributed by atoms with E-state index in [0.717, 1.165) is 0 Å². The SMILES string of the molecule is COC(=O)C(C)N1CCN(CCC(F)(F)F)CC1. The van der Waals surface area contributed by atoms with E-state index in [1.54, 1.807) is 11.8 Å². The quantitative estimate of drug-likeness (QED) is 0.715. The van der Waals surface area contributed by atoms with Crippen molar-refractivity contribution in [3.63, 3.8) is 0 Å². The van der Waals surface area contributed by atoms with Crippen molar-refractivity contribution in [2.24, 2.45) is 0 Å². The minimum absolute atomic E-state index is 0.0317. The molecule has 18 heavy (non-hydrogen) atoms. The molecule has 0 aromatic rings. The van der Waals surface area contributed by atoms with Gasteiger partial charge in [0.2, 0.25) is 0 Å². The van der Waals surface area contributed by atoms with Crippen LogP contribution >= 0.6 is 0 Å². The highest BCUT2D eigenvalue weighted by molar-refractivity contribution is 5.75. The van der Waals surface area contributed by atoms with E-state index in [-0.39, 0.29) is 18.6 Å². The van der Waals surface area contributed by atoms with E-state index in [4.69, 9.17) is 0 Å². The number of carbonyl (C=O) groups is 1. The van der Waals surface area contributed by atoms with Crippen LogP contribution in [0, 0.1) is 0 Å². The molecule has 0 aromatic heterocycles. The van der Waals surface area contributed by atoms with Crippen molar-refractivity contribution >= 4 is 5.97 Å². The zero-order valence-electron chi connectivity index (χ0n) is 10.7. The van der Waals surface area contributed by atoms with Crippen LogP contribution in [0.4, 0.5) is 13.2 Å². The highest BCUT2D eigenvalue weighted by Crippen LogP contribution is 2.20. The molecule has 0 radical (unpaired) electrons. The average Bonchev–Trinajstić information content (AvgIpc) is 2.34. The molecule has 1 unspecified atom stereocenters. The Morgan fingerprint density at radius 3 is 2.28 bits per heavy atom. The van der Waals surface area contributed by atoms with Crippen LogP contribution in [0.25, 0.3) is 0 Å². The molecule has 0 aromatic carbocycles. The van der Waals surface area contributed by atoms with Crippen LogP contribution in [0.2, 0.25) is 0 Å². The van der Waals surface area contributed by atoms with E-state index in [0.29, 0.717) is 26.2 Å². The summed E-state index contributed by atoms with van der Waals surface area (Å²) in [7, 11) is 1.33. The van der Waals surface area contributed by atoms with Crippen LogP contribution in [0.1, 0.15) is 13.3 Å². The first-order chi connectivity index (χ1) is 8.33. The summed E-state index contributed by atoms with van der Waals surface area (Å²) in [6.07, 6.45) is -4.88. The van der Waals surface area contributed by atoms with Gasteiger partial charge in [-0.25, -0.2) is 0 Å². The Kier molecular flexibility index (Phi) is 5.40. The summed E-state index contributed by atoms with van der Waals surface area (Å²) in [6.45, 7) is 4.07. The fourth-order valence-electron chi connectivity index (χ4n) is 1.98. The van der Waals surface area contributed by atoms with Gasteiger partial charge < -0.3 is 9.64 Å². The van der Waals surface area contributed by atoms with Crippen LogP contribution in [0.15, 0.2) is 0 Å². The standard InChI is InChI=1S/C11H19F3N2O2/c1-9(10(17)18-2)16-7-5-15(6-8-16)4-3-11(12,13)14/h9H,3-8H2,1-2H3. The summed E-state index contributed by atoms with van der Waals surface area (Å²) < 4.78 is 40.8. The number of rotatable bonds is 4. The smallest absolute Gasteiger partial charge is 0.390 e. The first kappa shape index (κ1) is 15.2. The predicted molar refractivity (Wildman–Crippen MR) is 60.2 cm³/mol. The minimum atomic E-state index is -4.10. The molecule has 0 spiro atoms. The molecule has 1 aliphatic rings. The average molecular weight is 268 g/mol. The third kappa shape index (κ3) is 4.81. The first-order valence-corrected chi connectivity index (χ1v) is 5.94. The van der Waals surface area contributed by atoms with E-state index in [2.05, 4.69) is 4.74 Å². The van der Waals surface area contributed by atoms with Crippen molar-refractivity contribution in [3.05, 3.63) is 0 Å². The van der Waals surface area contributed by atoms with Gasteiger partial charge in [0, 0.05) is 32.7 Å². The monoisotopic (exact) mass is 268 g/mol. The molecule has 0 aliphatic carbocycles. The van der Waals surface area contributed by atoms with Gasteiger partial charge in [-0.05, 0) is 6.92 Å². The van der Waals surface area contributed by atoms with Gasteiger partial charge in [0.15, 0.2) is 0 Å². The minimum Gasteiger partial charge on any atom is -0.468 e. The van der Waals surface area contributed by atoms with Crippen LogP contribution < -0.4 is 0 Å².